The number of nitrogens with one attached hydrogen (secondary N) is 1. The minimum atomic E-state index is -1.12. The van der Waals surface area contributed by atoms with Crippen LogP contribution < -0.4 is 11.1 Å². The summed E-state index contributed by atoms with van der Waals surface area (Å²) < 4.78 is 30.7. The SMILES string of the molecule is CC1CC(c2ccncc2NC(=O)c2ccc(F)c(-c3c(O)cccc3F)n2)CC(N)C1n1cc(C(C)(C)O)nn1. The van der Waals surface area contributed by atoms with E-state index in [0.29, 0.717) is 17.8 Å². The second kappa shape index (κ2) is 10.9. The van der Waals surface area contributed by atoms with Gasteiger partial charge in [-0.15, -0.1) is 5.10 Å². The van der Waals surface area contributed by atoms with Gasteiger partial charge in [0, 0.05) is 12.2 Å². The number of aromatic nitrogens is 5. The van der Waals surface area contributed by atoms with Gasteiger partial charge in [-0.1, -0.05) is 18.2 Å². The van der Waals surface area contributed by atoms with E-state index in [1.807, 2.05) is 6.07 Å². The van der Waals surface area contributed by atoms with Crippen LogP contribution in [-0.2, 0) is 5.60 Å². The van der Waals surface area contributed by atoms with E-state index in [9.17, 15) is 23.8 Å². The minimum Gasteiger partial charge on any atom is -0.507 e. The van der Waals surface area contributed by atoms with Gasteiger partial charge in [0.1, 0.15) is 40.1 Å². The predicted octanol–water partition coefficient (Wildman–Crippen LogP) is 4.28. The number of pyridine rings is 2. The van der Waals surface area contributed by atoms with Crippen LogP contribution >= 0.6 is 0 Å². The van der Waals surface area contributed by atoms with Gasteiger partial charge in [-0.2, -0.15) is 0 Å². The fourth-order valence-electron chi connectivity index (χ4n) is 5.53. The summed E-state index contributed by atoms with van der Waals surface area (Å²) in [5.41, 5.74) is 6.20. The lowest BCUT2D eigenvalue weighted by atomic mass is 9.73. The number of phenolic OH excluding ortho intramolecular Hbond substituents is 1. The van der Waals surface area contributed by atoms with Crippen LogP contribution in [0.2, 0.25) is 0 Å². The van der Waals surface area contributed by atoms with Crippen molar-refractivity contribution in [3.8, 4) is 17.0 Å². The second-order valence-electron chi connectivity index (χ2n) is 11.0. The first-order chi connectivity index (χ1) is 19.4. The summed E-state index contributed by atoms with van der Waals surface area (Å²) in [6.07, 6.45) is 6.20. The Morgan fingerprint density at radius 1 is 1.15 bits per heavy atom. The van der Waals surface area contributed by atoms with E-state index >= 15 is 0 Å². The highest BCUT2D eigenvalue weighted by atomic mass is 19.1. The van der Waals surface area contributed by atoms with Crippen molar-refractivity contribution >= 4 is 11.6 Å². The number of benzene rings is 1. The Balaban J connectivity index is 1.37. The molecule has 5 N–H and O–H groups in total. The molecule has 0 radical (unpaired) electrons. The number of aromatic hydroxyl groups is 1. The lowest BCUT2D eigenvalue weighted by Crippen LogP contribution is -2.42. The molecule has 12 heteroatoms. The number of hydrogen-bond donors (Lipinski definition) is 4. The Labute approximate surface area is 235 Å². The predicted molar refractivity (Wildman–Crippen MR) is 147 cm³/mol. The number of phenols is 1. The molecule has 4 aromatic rings. The van der Waals surface area contributed by atoms with Gasteiger partial charge in [0.2, 0.25) is 0 Å². The third-order valence-corrected chi connectivity index (χ3v) is 7.53. The molecule has 1 amide bonds. The van der Waals surface area contributed by atoms with E-state index in [1.54, 1.807) is 30.9 Å². The Morgan fingerprint density at radius 2 is 1.93 bits per heavy atom. The van der Waals surface area contributed by atoms with Crippen molar-refractivity contribution in [2.75, 3.05) is 5.32 Å². The summed E-state index contributed by atoms with van der Waals surface area (Å²) in [6.45, 7) is 5.36. The van der Waals surface area contributed by atoms with E-state index < -0.39 is 40.1 Å². The van der Waals surface area contributed by atoms with E-state index in [1.165, 1.54) is 24.4 Å². The van der Waals surface area contributed by atoms with E-state index in [2.05, 4.69) is 32.5 Å². The maximum atomic E-state index is 14.6. The van der Waals surface area contributed by atoms with Crippen LogP contribution in [0.3, 0.4) is 0 Å². The minimum absolute atomic E-state index is 0.0149. The largest absolute Gasteiger partial charge is 0.507 e. The van der Waals surface area contributed by atoms with Crippen molar-refractivity contribution in [1.82, 2.24) is 25.0 Å². The van der Waals surface area contributed by atoms with Crippen LogP contribution in [0.1, 0.15) is 67.3 Å². The third kappa shape index (κ3) is 5.66. The highest BCUT2D eigenvalue weighted by Gasteiger charge is 2.37. The van der Waals surface area contributed by atoms with Crippen LogP contribution in [0.5, 0.6) is 5.75 Å². The first kappa shape index (κ1) is 28.2. The molecule has 214 valence electrons. The molecule has 1 aliphatic carbocycles. The molecular weight excluding hydrogens is 532 g/mol. The Morgan fingerprint density at radius 3 is 2.61 bits per heavy atom. The molecule has 5 rings (SSSR count). The molecule has 4 unspecified atom stereocenters. The summed E-state index contributed by atoms with van der Waals surface area (Å²) in [7, 11) is 0. The summed E-state index contributed by atoms with van der Waals surface area (Å²) in [5.74, 6) is -2.82. The number of halogens is 2. The lowest BCUT2D eigenvalue weighted by molar-refractivity contribution is 0.0736. The number of carbonyl (C=O) groups is 1. The molecule has 4 atom stereocenters. The summed E-state index contributed by atoms with van der Waals surface area (Å²) in [6, 6.07) is 7.16. The number of anilines is 1. The molecule has 1 fully saturated rings. The van der Waals surface area contributed by atoms with Gasteiger partial charge >= 0.3 is 0 Å². The Hall–Kier alpha value is -4.29. The van der Waals surface area contributed by atoms with Gasteiger partial charge in [-0.05, 0) is 74.4 Å². The van der Waals surface area contributed by atoms with Gasteiger partial charge in [-0.25, -0.2) is 18.4 Å². The topological polar surface area (TPSA) is 152 Å². The van der Waals surface area contributed by atoms with Crippen molar-refractivity contribution in [3.63, 3.8) is 0 Å². The Kier molecular flexibility index (Phi) is 7.54. The van der Waals surface area contributed by atoms with Gasteiger partial charge < -0.3 is 21.3 Å². The normalized spacial score (nSPS) is 21.0. The quantitative estimate of drug-likeness (QED) is 0.271. The van der Waals surface area contributed by atoms with Crippen molar-refractivity contribution < 1.29 is 23.8 Å². The van der Waals surface area contributed by atoms with Crippen molar-refractivity contribution in [2.24, 2.45) is 11.7 Å². The smallest absolute Gasteiger partial charge is 0.274 e. The van der Waals surface area contributed by atoms with Crippen molar-refractivity contribution in [2.45, 2.75) is 57.2 Å². The summed E-state index contributed by atoms with van der Waals surface area (Å²) in [4.78, 5) is 21.4. The monoisotopic (exact) mass is 563 g/mol. The first-order valence-electron chi connectivity index (χ1n) is 13.2. The zero-order chi connectivity index (χ0) is 29.5. The van der Waals surface area contributed by atoms with Crippen LogP contribution in [-0.4, -0.2) is 47.1 Å². The molecule has 3 heterocycles. The molecule has 1 saturated carbocycles. The fourth-order valence-corrected chi connectivity index (χ4v) is 5.53. The van der Waals surface area contributed by atoms with Crippen LogP contribution in [0, 0.1) is 17.6 Å². The maximum Gasteiger partial charge on any atom is 0.274 e. The van der Waals surface area contributed by atoms with Gasteiger partial charge in [-0.3, -0.25) is 9.78 Å². The number of nitrogens with two attached hydrogens (primary N) is 1. The number of rotatable bonds is 6. The zero-order valence-electron chi connectivity index (χ0n) is 22.8. The highest BCUT2D eigenvalue weighted by molar-refractivity contribution is 6.03. The number of hydrogen-bond acceptors (Lipinski definition) is 8. The van der Waals surface area contributed by atoms with E-state index in [4.69, 9.17) is 5.73 Å². The number of amides is 1. The molecule has 0 saturated heterocycles. The molecule has 1 aliphatic rings. The van der Waals surface area contributed by atoms with E-state index in [-0.39, 0.29) is 29.6 Å². The number of nitrogens with zero attached hydrogens (tertiary/aromatic N) is 5. The average Bonchev–Trinajstić information content (AvgIpc) is 3.40. The van der Waals surface area contributed by atoms with Crippen molar-refractivity contribution in [1.29, 1.82) is 0 Å². The summed E-state index contributed by atoms with van der Waals surface area (Å²) in [5, 5.41) is 31.5. The third-order valence-electron chi connectivity index (χ3n) is 7.53. The molecule has 0 bridgehead atoms. The number of aliphatic hydroxyl groups is 1. The standard InChI is InChI=1S/C29H31F2N7O3/c1-15-11-16(12-20(32)27(15)38-14-24(36-37-38)29(2,3)41)17-9-10-33-13-22(17)35-28(40)21-8-7-19(31)26(34-21)25-18(30)5-4-6-23(25)39/h4-10,13-16,20,27,39,41H,11-12,32H2,1-3H3,(H,35,40). The van der Waals surface area contributed by atoms with E-state index in [0.717, 1.165) is 24.1 Å². The second-order valence-corrected chi connectivity index (χ2v) is 11.0. The Bertz CT molecular complexity index is 1550. The van der Waals surface area contributed by atoms with Gasteiger partial charge in [0.05, 0.1) is 29.7 Å². The number of carbonyl (C=O) groups excluding carboxylic acids is 1. The highest BCUT2D eigenvalue weighted by Crippen LogP contribution is 2.43. The fraction of sp³-hybridized carbons (Fsp3) is 0.345. The van der Waals surface area contributed by atoms with Gasteiger partial charge in [0.25, 0.3) is 5.91 Å². The molecule has 41 heavy (non-hydrogen) atoms. The molecule has 3 aromatic heterocycles. The molecule has 10 nitrogen and oxygen atoms in total. The average molecular weight is 564 g/mol. The van der Waals surface area contributed by atoms with Crippen LogP contribution in [0.15, 0.2) is 55.0 Å². The first-order valence-corrected chi connectivity index (χ1v) is 13.2. The lowest BCUT2D eigenvalue weighted by Gasteiger charge is -2.39. The van der Waals surface area contributed by atoms with Crippen LogP contribution in [0.25, 0.3) is 11.3 Å². The zero-order valence-corrected chi connectivity index (χ0v) is 22.8. The van der Waals surface area contributed by atoms with Gasteiger partial charge in [0.15, 0.2) is 0 Å². The molecule has 0 aliphatic heterocycles. The maximum absolute atomic E-state index is 14.6. The van der Waals surface area contributed by atoms with Crippen LogP contribution in [0.4, 0.5) is 14.5 Å². The molecule has 0 spiro atoms. The molecule has 1 aromatic carbocycles. The molecular formula is C29H31F2N7O3. The van der Waals surface area contributed by atoms with Crippen molar-refractivity contribution in [3.05, 3.63) is 83.6 Å². The summed E-state index contributed by atoms with van der Waals surface area (Å²) >= 11 is 0.